The highest BCUT2D eigenvalue weighted by Crippen LogP contribution is 2.28. The first kappa shape index (κ1) is 15.1. The summed E-state index contributed by atoms with van der Waals surface area (Å²) >= 11 is 0. The molecule has 0 radical (unpaired) electrons. The molecule has 3 aromatic rings. The van der Waals surface area contributed by atoms with Gasteiger partial charge in [0.15, 0.2) is 0 Å². The summed E-state index contributed by atoms with van der Waals surface area (Å²) in [7, 11) is 0. The Balaban J connectivity index is 1.54. The van der Waals surface area contributed by atoms with E-state index >= 15 is 0 Å². The van der Waals surface area contributed by atoms with E-state index in [1.165, 1.54) is 6.20 Å². The number of rotatable bonds is 2. The molecule has 24 heavy (non-hydrogen) atoms. The third-order valence-corrected chi connectivity index (χ3v) is 4.19. The minimum Gasteiger partial charge on any atom is -0.293 e. The van der Waals surface area contributed by atoms with Crippen molar-refractivity contribution >= 4 is 10.9 Å². The van der Waals surface area contributed by atoms with Crippen LogP contribution < -0.4 is 0 Å². The number of alkyl halides is 3. The predicted molar refractivity (Wildman–Crippen MR) is 80.9 cm³/mol. The molecule has 0 spiro atoms. The maximum absolute atomic E-state index is 12.7. The fourth-order valence-corrected chi connectivity index (χ4v) is 3.00. The highest BCUT2D eigenvalue weighted by molar-refractivity contribution is 5.81. The molecule has 124 valence electrons. The summed E-state index contributed by atoms with van der Waals surface area (Å²) in [6.45, 7) is 1.83. The van der Waals surface area contributed by atoms with Gasteiger partial charge in [-0.3, -0.25) is 10.00 Å². The molecular weight excluding hydrogens is 319 g/mol. The monoisotopic (exact) mass is 333 g/mol. The molecule has 1 aliphatic rings. The van der Waals surface area contributed by atoms with Gasteiger partial charge < -0.3 is 0 Å². The number of aromatic amines is 1. The van der Waals surface area contributed by atoms with E-state index in [1.54, 1.807) is 0 Å². The smallest absolute Gasteiger partial charge is 0.293 e. The van der Waals surface area contributed by atoms with Gasteiger partial charge in [-0.05, 0) is 6.07 Å². The average molecular weight is 333 g/mol. The van der Waals surface area contributed by atoms with E-state index in [-0.39, 0.29) is 0 Å². The highest BCUT2D eigenvalue weighted by atomic mass is 19.4. The summed E-state index contributed by atoms with van der Waals surface area (Å²) < 4.78 is 38.1. The van der Waals surface area contributed by atoms with E-state index in [9.17, 15) is 13.2 Å². The molecule has 5 nitrogen and oxygen atoms in total. The minimum absolute atomic E-state index is 0.479. The maximum Gasteiger partial charge on any atom is 0.451 e. The average Bonchev–Trinajstić information content (AvgIpc) is 2.97. The van der Waals surface area contributed by atoms with Gasteiger partial charge >= 0.3 is 6.18 Å². The highest BCUT2D eigenvalue weighted by Gasteiger charge is 2.35. The van der Waals surface area contributed by atoms with Gasteiger partial charge in [0, 0.05) is 43.2 Å². The van der Waals surface area contributed by atoms with Gasteiger partial charge in [-0.1, -0.05) is 18.2 Å². The fourth-order valence-electron chi connectivity index (χ4n) is 3.00. The van der Waals surface area contributed by atoms with Gasteiger partial charge in [-0.25, -0.2) is 9.97 Å². The lowest BCUT2D eigenvalue weighted by Gasteiger charge is -2.27. The Bertz CT molecular complexity index is 887. The number of fused-ring (bicyclic) bond motifs is 2. The Morgan fingerprint density at radius 1 is 1.21 bits per heavy atom. The van der Waals surface area contributed by atoms with Gasteiger partial charge in [0.2, 0.25) is 5.82 Å². The van der Waals surface area contributed by atoms with Crippen molar-refractivity contribution in [3.63, 3.8) is 0 Å². The molecule has 3 heterocycles. The van der Waals surface area contributed by atoms with Crippen LogP contribution in [0.2, 0.25) is 0 Å². The lowest BCUT2D eigenvalue weighted by atomic mass is 10.1. The van der Waals surface area contributed by atoms with Crippen LogP contribution in [0.4, 0.5) is 13.2 Å². The standard InChI is InChI=1S/C16H14F3N5/c17-16(18,19)15-20-7-10-8-24(6-5-12(10)21-15)9-14-11-3-1-2-4-13(11)22-23-14/h1-4,7H,5-6,8-9H2,(H,22,23). The summed E-state index contributed by atoms with van der Waals surface area (Å²) in [5, 5.41) is 8.37. The molecule has 0 amide bonds. The van der Waals surface area contributed by atoms with Crippen LogP contribution in [0.3, 0.4) is 0 Å². The third kappa shape index (κ3) is 2.73. The van der Waals surface area contributed by atoms with Crippen molar-refractivity contribution in [2.45, 2.75) is 25.7 Å². The molecule has 0 fully saturated rings. The van der Waals surface area contributed by atoms with Crippen molar-refractivity contribution < 1.29 is 13.2 Å². The summed E-state index contributed by atoms with van der Waals surface area (Å²) in [5.74, 6) is -1.06. The molecule has 0 atom stereocenters. The van der Waals surface area contributed by atoms with Gasteiger partial charge in [-0.15, -0.1) is 0 Å². The second-order valence-corrected chi connectivity index (χ2v) is 5.84. The summed E-state index contributed by atoms with van der Waals surface area (Å²) in [4.78, 5) is 9.30. The Labute approximate surface area is 135 Å². The summed E-state index contributed by atoms with van der Waals surface area (Å²) in [6, 6.07) is 7.83. The van der Waals surface area contributed by atoms with Crippen molar-refractivity contribution in [2.75, 3.05) is 6.54 Å². The number of nitrogens with one attached hydrogen (secondary N) is 1. The van der Waals surface area contributed by atoms with Crippen LogP contribution in [0.15, 0.2) is 30.5 Å². The van der Waals surface area contributed by atoms with Crippen molar-refractivity contribution in [3.8, 4) is 0 Å². The van der Waals surface area contributed by atoms with E-state index < -0.39 is 12.0 Å². The molecule has 1 N–H and O–H groups in total. The van der Waals surface area contributed by atoms with Crippen molar-refractivity contribution in [3.05, 3.63) is 53.2 Å². The molecule has 8 heteroatoms. The summed E-state index contributed by atoms with van der Waals surface area (Å²) in [5.41, 5.74) is 3.14. The lowest BCUT2D eigenvalue weighted by Crippen LogP contribution is -2.31. The van der Waals surface area contributed by atoms with Gasteiger partial charge in [0.05, 0.1) is 16.9 Å². The number of hydrogen-bond donors (Lipinski definition) is 1. The number of H-pyrrole nitrogens is 1. The topological polar surface area (TPSA) is 57.7 Å². The number of nitrogens with zero attached hydrogens (tertiary/aromatic N) is 4. The first-order valence-electron chi connectivity index (χ1n) is 7.57. The Morgan fingerprint density at radius 3 is 2.88 bits per heavy atom. The molecule has 1 aliphatic heterocycles. The molecule has 0 aliphatic carbocycles. The zero-order chi connectivity index (χ0) is 16.7. The Kier molecular flexibility index (Phi) is 3.49. The molecule has 1 aromatic carbocycles. The molecule has 0 bridgehead atoms. The Morgan fingerprint density at radius 2 is 2.04 bits per heavy atom. The zero-order valence-electron chi connectivity index (χ0n) is 12.6. The van der Waals surface area contributed by atoms with Gasteiger partial charge in [-0.2, -0.15) is 18.3 Å². The molecule has 0 saturated heterocycles. The van der Waals surface area contributed by atoms with Crippen LogP contribution in [-0.2, 0) is 25.7 Å². The first-order valence-corrected chi connectivity index (χ1v) is 7.57. The summed E-state index contributed by atoms with van der Waals surface area (Å²) in [6.07, 6.45) is -2.73. The van der Waals surface area contributed by atoms with Gasteiger partial charge in [0.25, 0.3) is 0 Å². The van der Waals surface area contributed by atoms with Crippen LogP contribution >= 0.6 is 0 Å². The molecule has 0 unspecified atom stereocenters. The number of hydrogen-bond acceptors (Lipinski definition) is 4. The normalized spacial score (nSPS) is 15.6. The minimum atomic E-state index is -4.50. The second-order valence-electron chi connectivity index (χ2n) is 5.84. The van der Waals surface area contributed by atoms with Crippen LogP contribution in [0, 0.1) is 0 Å². The van der Waals surface area contributed by atoms with Crippen LogP contribution in [0.25, 0.3) is 10.9 Å². The SMILES string of the molecule is FC(F)(F)c1ncc2c(n1)CCN(Cc1[nH]nc3ccccc13)C2. The van der Waals surface area contributed by atoms with Crippen LogP contribution in [-0.4, -0.2) is 31.6 Å². The van der Waals surface area contributed by atoms with Crippen LogP contribution in [0.1, 0.15) is 22.8 Å². The number of para-hydroxylation sites is 1. The molecule has 0 saturated carbocycles. The third-order valence-electron chi connectivity index (χ3n) is 4.19. The maximum atomic E-state index is 12.7. The van der Waals surface area contributed by atoms with E-state index in [0.717, 1.165) is 22.2 Å². The number of halogens is 3. The van der Waals surface area contributed by atoms with E-state index in [4.69, 9.17) is 0 Å². The van der Waals surface area contributed by atoms with Crippen LogP contribution in [0.5, 0.6) is 0 Å². The quantitative estimate of drug-likeness (QED) is 0.783. The molecule has 4 rings (SSSR count). The number of aromatic nitrogens is 4. The predicted octanol–water partition coefficient (Wildman–Crippen LogP) is 2.93. The van der Waals surface area contributed by atoms with E-state index in [1.807, 2.05) is 24.3 Å². The fraction of sp³-hybridized carbons (Fsp3) is 0.312. The lowest BCUT2D eigenvalue weighted by molar-refractivity contribution is -0.145. The van der Waals surface area contributed by atoms with Crippen molar-refractivity contribution in [2.24, 2.45) is 0 Å². The van der Waals surface area contributed by atoms with E-state index in [2.05, 4.69) is 25.1 Å². The second kappa shape index (κ2) is 5.55. The largest absolute Gasteiger partial charge is 0.451 e. The molecule has 2 aromatic heterocycles. The number of benzene rings is 1. The first-order chi connectivity index (χ1) is 11.5. The van der Waals surface area contributed by atoms with Crippen molar-refractivity contribution in [1.29, 1.82) is 0 Å². The van der Waals surface area contributed by atoms with Gasteiger partial charge in [0.1, 0.15) is 0 Å². The zero-order valence-corrected chi connectivity index (χ0v) is 12.6. The Hall–Kier alpha value is -2.48. The van der Waals surface area contributed by atoms with E-state index in [0.29, 0.717) is 31.7 Å². The van der Waals surface area contributed by atoms with Crippen molar-refractivity contribution in [1.82, 2.24) is 25.1 Å². The molecular formula is C16H14F3N5.